The van der Waals surface area contributed by atoms with E-state index in [1.807, 2.05) is 19.1 Å². The number of aryl methyl sites for hydroxylation is 1. The van der Waals surface area contributed by atoms with E-state index in [4.69, 9.17) is 0 Å². The Labute approximate surface area is 156 Å². The van der Waals surface area contributed by atoms with E-state index in [1.54, 1.807) is 35.2 Å². The zero-order chi connectivity index (χ0) is 17.9. The lowest BCUT2D eigenvalue weighted by molar-refractivity contribution is 0.0948. The van der Waals surface area contributed by atoms with E-state index < -0.39 is 9.84 Å². The summed E-state index contributed by atoms with van der Waals surface area (Å²) in [5.74, 6) is 1.10. The number of benzene rings is 1. The first-order valence-corrected chi connectivity index (χ1v) is 11.7. The largest absolute Gasteiger partial charge is 0.352 e. The normalized spacial score (nSPS) is 19.0. The summed E-state index contributed by atoms with van der Waals surface area (Å²) in [6.07, 6.45) is 0.633. The maximum Gasteiger partial charge on any atom is 0.251 e. The summed E-state index contributed by atoms with van der Waals surface area (Å²) in [4.78, 5) is 17.7. The fourth-order valence-corrected chi connectivity index (χ4v) is 6.08. The zero-order valence-electron chi connectivity index (χ0n) is 13.9. The topological polar surface area (TPSA) is 76.1 Å². The predicted molar refractivity (Wildman–Crippen MR) is 102 cm³/mol. The van der Waals surface area contributed by atoms with Gasteiger partial charge in [-0.15, -0.1) is 23.1 Å². The van der Waals surface area contributed by atoms with Crippen LogP contribution in [0.3, 0.4) is 0 Å². The number of thioether (sulfide) groups is 1. The van der Waals surface area contributed by atoms with Gasteiger partial charge in [0.15, 0.2) is 9.84 Å². The van der Waals surface area contributed by atoms with Crippen LogP contribution in [0.4, 0.5) is 0 Å². The van der Waals surface area contributed by atoms with Crippen LogP contribution in [0.5, 0.6) is 0 Å². The average molecular weight is 397 g/mol. The van der Waals surface area contributed by atoms with Crippen LogP contribution in [0.15, 0.2) is 34.5 Å². The number of aromatic nitrogens is 1. The maximum absolute atomic E-state index is 12.2. The van der Waals surface area contributed by atoms with Crippen LogP contribution in [0.25, 0.3) is 0 Å². The molecule has 1 unspecified atom stereocenters. The SMILES string of the molecule is Cc1nc(CSc2ccc(C(=O)NCC3CCS(=O)(=O)C3)cc2)cs1. The lowest BCUT2D eigenvalue weighted by atomic mass is 10.1. The lowest BCUT2D eigenvalue weighted by Gasteiger charge is -2.10. The van der Waals surface area contributed by atoms with Crippen LogP contribution >= 0.6 is 23.1 Å². The van der Waals surface area contributed by atoms with Crippen molar-refractivity contribution in [3.8, 4) is 0 Å². The molecule has 8 heteroatoms. The Balaban J connectivity index is 1.48. The Kier molecular flexibility index (Phi) is 5.81. The van der Waals surface area contributed by atoms with Crippen molar-refractivity contribution in [3.63, 3.8) is 0 Å². The second-order valence-corrected chi connectivity index (χ2v) is 10.5. The molecule has 3 rings (SSSR count). The van der Waals surface area contributed by atoms with Crippen molar-refractivity contribution in [2.45, 2.75) is 24.0 Å². The molecule has 1 aliphatic heterocycles. The number of nitrogens with one attached hydrogen (secondary N) is 1. The molecule has 1 fully saturated rings. The Morgan fingerprint density at radius 1 is 1.36 bits per heavy atom. The molecule has 1 atom stereocenters. The molecule has 1 amide bonds. The number of carbonyl (C=O) groups excluding carboxylic acids is 1. The first kappa shape index (κ1) is 18.4. The number of rotatable bonds is 6. The number of carbonyl (C=O) groups is 1. The number of hydrogen-bond donors (Lipinski definition) is 1. The second-order valence-electron chi connectivity index (χ2n) is 6.15. The smallest absolute Gasteiger partial charge is 0.251 e. The Morgan fingerprint density at radius 3 is 2.72 bits per heavy atom. The van der Waals surface area contributed by atoms with Crippen molar-refractivity contribution < 1.29 is 13.2 Å². The van der Waals surface area contributed by atoms with Gasteiger partial charge in [0.05, 0.1) is 22.2 Å². The molecule has 134 valence electrons. The summed E-state index contributed by atoms with van der Waals surface area (Å²) < 4.78 is 22.9. The maximum atomic E-state index is 12.2. The summed E-state index contributed by atoms with van der Waals surface area (Å²) in [6, 6.07) is 7.46. The van der Waals surface area contributed by atoms with Gasteiger partial charge in [-0.2, -0.15) is 0 Å². The molecule has 0 radical (unpaired) electrons. The molecule has 1 saturated heterocycles. The Morgan fingerprint density at radius 2 is 2.12 bits per heavy atom. The number of thiazole rings is 1. The second kappa shape index (κ2) is 7.88. The van der Waals surface area contributed by atoms with Crippen LogP contribution < -0.4 is 5.32 Å². The van der Waals surface area contributed by atoms with E-state index in [2.05, 4.69) is 15.7 Å². The molecule has 0 bridgehead atoms. The molecule has 2 aromatic rings. The molecule has 1 aromatic heterocycles. The van der Waals surface area contributed by atoms with E-state index in [1.165, 1.54) is 0 Å². The van der Waals surface area contributed by atoms with Crippen LogP contribution in [-0.4, -0.2) is 37.4 Å². The summed E-state index contributed by atoms with van der Waals surface area (Å²) in [5.41, 5.74) is 1.66. The fourth-order valence-electron chi connectivity index (χ4n) is 2.71. The Bertz CT molecular complexity index is 844. The standard InChI is InChI=1S/C17H20N2O3S3/c1-12-19-15(9-23-12)10-24-16-4-2-14(3-5-16)17(20)18-8-13-6-7-25(21,22)11-13/h2-5,9,13H,6-8,10-11H2,1H3,(H,18,20). The molecule has 1 aliphatic rings. The van der Waals surface area contributed by atoms with Crippen LogP contribution in [0.1, 0.15) is 27.5 Å². The molecule has 0 spiro atoms. The Hall–Kier alpha value is -1.38. The lowest BCUT2D eigenvalue weighted by Crippen LogP contribution is -2.29. The number of hydrogen-bond acceptors (Lipinski definition) is 6. The van der Waals surface area contributed by atoms with Crippen LogP contribution in [0, 0.1) is 12.8 Å². The van der Waals surface area contributed by atoms with Gasteiger partial charge in [-0.05, 0) is 43.5 Å². The van der Waals surface area contributed by atoms with Crippen molar-refractivity contribution in [2.24, 2.45) is 5.92 Å². The highest BCUT2D eigenvalue weighted by molar-refractivity contribution is 7.98. The average Bonchev–Trinajstić information content (AvgIpc) is 3.16. The van der Waals surface area contributed by atoms with E-state index in [-0.39, 0.29) is 23.3 Å². The van der Waals surface area contributed by atoms with Crippen LogP contribution in [-0.2, 0) is 15.6 Å². The third kappa shape index (κ3) is 5.29. The summed E-state index contributed by atoms with van der Waals surface area (Å²) in [6.45, 7) is 2.41. The molecule has 2 heterocycles. The highest BCUT2D eigenvalue weighted by Crippen LogP contribution is 2.24. The third-order valence-electron chi connectivity index (χ3n) is 4.05. The van der Waals surface area contributed by atoms with Gasteiger partial charge in [-0.25, -0.2) is 13.4 Å². The minimum Gasteiger partial charge on any atom is -0.352 e. The van der Waals surface area contributed by atoms with Gasteiger partial charge in [-0.3, -0.25) is 4.79 Å². The summed E-state index contributed by atoms with van der Waals surface area (Å²) in [7, 11) is -2.90. The minimum atomic E-state index is -2.90. The highest BCUT2D eigenvalue weighted by atomic mass is 32.2. The van der Waals surface area contributed by atoms with Gasteiger partial charge >= 0.3 is 0 Å². The predicted octanol–water partition coefficient (Wildman–Crippen LogP) is 2.91. The van der Waals surface area contributed by atoms with Crippen molar-refractivity contribution in [2.75, 3.05) is 18.1 Å². The van der Waals surface area contributed by atoms with Gasteiger partial charge < -0.3 is 5.32 Å². The fraction of sp³-hybridized carbons (Fsp3) is 0.412. The molecule has 25 heavy (non-hydrogen) atoms. The van der Waals surface area contributed by atoms with Crippen molar-refractivity contribution in [1.82, 2.24) is 10.3 Å². The van der Waals surface area contributed by atoms with Gasteiger partial charge in [0, 0.05) is 28.1 Å². The quantitative estimate of drug-likeness (QED) is 0.760. The first-order chi connectivity index (χ1) is 11.9. The summed E-state index contributed by atoms with van der Waals surface area (Å²) in [5, 5.41) is 5.97. The number of amides is 1. The molecule has 0 saturated carbocycles. The van der Waals surface area contributed by atoms with E-state index >= 15 is 0 Å². The summed E-state index contributed by atoms with van der Waals surface area (Å²) >= 11 is 3.33. The zero-order valence-corrected chi connectivity index (χ0v) is 16.3. The molecule has 5 nitrogen and oxygen atoms in total. The van der Waals surface area contributed by atoms with Crippen molar-refractivity contribution >= 4 is 38.8 Å². The van der Waals surface area contributed by atoms with Gasteiger partial charge in [0.1, 0.15) is 0 Å². The number of sulfone groups is 1. The van der Waals surface area contributed by atoms with Gasteiger partial charge in [0.2, 0.25) is 0 Å². The van der Waals surface area contributed by atoms with E-state index in [0.717, 1.165) is 21.3 Å². The molecular formula is C17H20N2O3S3. The van der Waals surface area contributed by atoms with Crippen molar-refractivity contribution in [3.05, 3.63) is 45.9 Å². The molecule has 1 N–H and O–H groups in total. The monoisotopic (exact) mass is 396 g/mol. The third-order valence-corrected chi connectivity index (χ3v) is 7.75. The van der Waals surface area contributed by atoms with Crippen molar-refractivity contribution in [1.29, 1.82) is 0 Å². The van der Waals surface area contributed by atoms with Gasteiger partial charge in [-0.1, -0.05) is 0 Å². The molecular weight excluding hydrogens is 376 g/mol. The van der Waals surface area contributed by atoms with E-state index in [0.29, 0.717) is 18.5 Å². The van der Waals surface area contributed by atoms with Crippen LogP contribution in [0.2, 0.25) is 0 Å². The molecule has 0 aliphatic carbocycles. The van der Waals surface area contributed by atoms with Gasteiger partial charge in [0.25, 0.3) is 5.91 Å². The minimum absolute atomic E-state index is 0.0327. The first-order valence-electron chi connectivity index (χ1n) is 8.04. The van der Waals surface area contributed by atoms with E-state index in [9.17, 15) is 13.2 Å². The molecule has 1 aromatic carbocycles. The number of nitrogens with zero attached hydrogens (tertiary/aromatic N) is 1. The highest BCUT2D eigenvalue weighted by Gasteiger charge is 2.27.